The van der Waals surface area contributed by atoms with Gasteiger partial charge in [-0.05, 0) is 36.1 Å². The van der Waals surface area contributed by atoms with E-state index < -0.39 is 23.7 Å². The van der Waals surface area contributed by atoms with E-state index in [0.29, 0.717) is 4.88 Å². The van der Waals surface area contributed by atoms with Crippen molar-refractivity contribution < 1.29 is 18.0 Å². The first kappa shape index (κ1) is 15.5. The normalized spacial score (nSPS) is 13.0. The summed E-state index contributed by atoms with van der Waals surface area (Å²) in [5, 5.41) is 4.19. The number of halogens is 3. The third-order valence-corrected chi connectivity index (χ3v) is 3.90. The summed E-state index contributed by atoms with van der Waals surface area (Å²) in [4.78, 5) is 12.6. The van der Waals surface area contributed by atoms with Crippen LogP contribution in [0.25, 0.3) is 0 Å². The Bertz CT molecular complexity index is 638. The number of aryl methyl sites for hydroxylation is 1. The van der Waals surface area contributed by atoms with Gasteiger partial charge in [-0.15, -0.1) is 11.3 Å². The Balaban J connectivity index is 2.18. The van der Waals surface area contributed by atoms with Gasteiger partial charge in [-0.25, -0.2) is 0 Å². The van der Waals surface area contributed by atoms with Crippen molar-refractivity contribution in [3.63, 3.8) is 0 Å². The summed E-state index contributed by atoms with van der Waals surface area (Å²) in [7, 11) is 0. The number of thiophene rings is 1. The number of hydrogen-bond acceptors (Lipinski definition) is 3. The van der Waals surface area contributed by atoms with Crippen molar-refractivity contribution >= 4 is 22.9 Å². The number of carbonyl (C=O) groups excluding carboxylic acids is 1. The summed E-state index contributed by atoms with van der Waals surface area (Å²) in [6, 6.07) is 6.19. The highest BCUT2D eigenvalue weighted by molar-refractivity contribution is 7.10. The number of rotatable bonds is 3. The first-order valence-electron chi connectivity index (χ1n) is 6.06. The fraction of sp³-hybridized carbons (Fsp3) is 0.214. The van der Waals surface area contributed by atoms with Crippen molar-refractivity contribution in [1.82, 2.24) is 0 Å². The minimum absolute atomic E-state index is 0.0740. The van der Waals surface area contributed by atoms with Crippen LogP contribution in [-0.4, -0.2) is 5.91 Å². The van der Waals surface area contributed by atoms with Gasteiger partial charge < -0.3 is 11.1 Å². The molecule has 0 aliphatic heterocycles. The zero-order chi connectivity index (χ0) is 15.6. The first-order chi connectivity index (χ1) is 9.79. The van der Waals surface area contributed by atoms with E-state index in [1.807, 2.05) is 0 Å². The number of alkyl halides is 3. The molecule has 112 valence electrons. The number of amides is 1. The summed E-state index contributed by atoms with van der Waals surface area (Å²) in [6.07, 6.45) is -4.46. The molecule has 2 rings (SSSR count). The number of hydrogen-bond donors (Lipinski definition) is 2. The molecule has 3 nitrogen and oxygen atoms in total. The monoisotopic (exact) mass is 314 g/mol. The molecule has 0 fully saturated rings. The van der Waals surface area contributed by atoms with E-state index in [-0.39, 0.29) is 11.3 Å². The highest BCUT2D eigenvalue weighted by Crippen LogP contribution is 2.33. The second-order valence-corrected chi connectivity index (χ2v) is 5.49. The number of nitrogens with two attached hydrogens (primary N) is 1. The summed E-state index contributed by atoms with van der Waals surface area (Å²) in [5.74, 6) is -0.547. The van der Waals surface area contributed by atoms with Gasteiger partial charge in [0.2, 0.25) is 5.91 Å². The molecule has 0 saturated carbocycles. The van der Waals surface area contributed by atoms with Crippen molar-refractivity contribution in [2.45, 2.75) is 19.1 Å². The predicted molar refractivity (Wildman–Crippen MR) is 76.1 cm³/mol. The number of nitrogens with one attached hydrogen (secondary N) is 1. The molecule has 0 saturated heterocycles. The lowest BCUT2D eigenvalue weighted by molar-refractivity contribution is -0.138. The predicted octanol–water partition coefficient (Wildman–Crippen LogP) is 3.71. The topological polar surface area (TPSA) is 55.1 Å². The molecule has 0 spiro atoms. The molecule has 1 aromatic carbocycles. The van der Waals surface area contributed by atoms with Crippen molar-refractivity contribution in [2.75, 3.05) is 5.32 Å². The zero-order valence-corrected chi connectivity index (χ0v) is 11.9. The Labute approximate surface area is 123 Å². The largest absolute Gasteiger partial charge is 0.416 e. The molecule has 7 heteroatoms. The number of anilines is 1. The molecule has 0 bridgehead atoms. The minimum atomic E-state index is -4.46. The van der Waals surface area contributed by atoms with Gasteiger partial charge in [0.25, 0.3) is 0 Å². The second-order valence-electron chi connectivity index (χ2n) is 4.51. The van der Waals surface area contributed by atoms with Gasteiger partial charge in [0, 0.05) is 10.6 Å². The van der Waals surface area contributed by atoms with Gasteiger partial charge in [0.15, 0.2) is 0 Å². The lowest BCUT2D eigenvalue weighted by Crippen LogP contribution is -2.27. The molecule has 1 heterocycles. The molecule has 0 aliphatic rings. The second kappa shape index (κ2) is 5.87. The van der Waals surface area contributed by atoms with Crippen LogP contribution in [-0.2, 0) is 11.0 Å². The molecule has 2 aromatic rings. The van der Waals surface area contributed by atoms with E-state index in [1.54, 1.807) is 17.5 Å². The van der Waals surface area contributed by atoms with E-state index in [9.17, 15) is 18.0 Å². The standard InChI is InChI=1S/C14H13F3N2OS/c1-8-4-5-9(7-10(8)14(15,16)17)19-13(20)12(18)11-3-2-6-21-11/h2-7,12H,18H2,1H3,(H,19,20). The Hall–Kier alpha value is -1.86. The molecule has 1 atom stereocenters. The quantitative estimate of drug-likeness (QED) is 0.907. The van der Waals surface area contributed by atoms with Crippen molar-refractivity contribution in [2.24, 2.45) is 5.73 Å². The molecule has 0 aliphatic carbocycles. The van der Waals surface area contributed by atoms with E-state index >= 15 is 0 Å². The summed E-state index contributed by atoms with van der Waals surface area (Å²) < 4.78 is 38.4. The number of benzene rings is 1. The zero-order valence-electron chi connectivity index (χ0n) is 11.1. The Morgan fingerprint density at radius 1 is 1.33 bits per heavy atom. The molecule has 3 N–H and O–H groups in total. The van der Waals surface area contributed by atoms with E-state index in [4.69, 9.17) is 5.73 Å². The van der Waals surface area contributed by atoms with Crippen LogP contribution in [0.5, 0.6) is 0 Å². The molecule has 21 heavy (non-hydrogen) atoms. The Morgan fingerprint density at radius 2 is 2.05 bits per heavy atom. The average Bonchev–Trinajstić information content (AvgIpc) is 2.92. The van der Waals surface area contributed by atoms with Crippen LogP contribution in [0.1, 0.15) is 22.0 Å². The Kier molecular flexibility index (Phi) is 4.34. The van der Waals surface area contributed by atoms with E-state index in [1.165, 1.54) is 30.4 Å². The third kappa shape index (κ3) is 3.62. The van der Waals surface area contributed by atoms with E-state index in [0.717, 1.165) is 6.07 Å². The summed E-state index contributed by atoms with van der Waals surface area (Å²) in [6.45, 7) is 1.37. The molecule has 1 unspecified atom stereocenters. The van der Waals surface area contributed by atoms with Gasteiger partial charge in [0.1, 0.15) is 6.04 Å². The smallest absolute Gasteiger partial charge is 0.324 e. The van der Waals surface area contributed by atoms with Crippen molar-refractivity contribution in [3.8, 4) is 0 Å². The average molecular weight is 314 g/mol. The fourth-order valence-corrected chi connectivity index (χ4v) is 2.55. The maximum absolute atomic E-state index is 12.8. The molecule has 1 amide bonds. The van der Waals surface area contributed by atoms with Gasteiger partial charge >= 0.3 is 6.18 Å². The van der Waals surface area contributed by atoms with Gasteiger partial charge in [-0.3, -0.25) is 4.79 Å². The molecule has 1 aromatic heterocycles. The van der Waals surface area contributed by atoms with Crippen LogP contribution in [0.3, 0.4) is 0 Å². The van der Waals surface area contributed by atoms with Crippen LogP contribution in [0.2, 0.25) is 0 Å². The SMILES string of the molecule is Cc1ccc(NC(=O)C(N)c2cccs2)cc1C(F)(F)F. The molecular formula is C14H13F3N2OS. The maximum atomic E-state index is 12.8. The highest BCUT2D eigenvalue weighted by Gasteiger charge is 2.32. The van der Waals surface area contributed by atoms with Crippen LogP contribution in [0.15, 0.2) is 35.7 Å². The third-order valence-electron chi connectivity index (χ3n) is 2.94. The van der Waals surface area contributed by atoms with E-state index in [2.05, 4.69) is 5.32 Å². The maximum Gasteiger partial charge on any atom is 0.416 e. The Morgan fingerprint density at radius 3 is 2.62 bits per heavy atom. The van der Waals surface area contributed by atoms with Crippen LogP contribution >= 0.6 is 11.3 Å². The van der Waals surface area contributed by atoms with Crippen molar-refractivity contribution in [1.29, 1.82) is 0 Å². The van der Waals surface area contributed by atoms with Crippen molar-refractivity contribution in [3.05, 3.63) is 51.7 Å². The summed E-state index contributed by atoms with van der Waals surface area (Å²) >= 11 is 1.31. The van der Waals surface area contributed by atoms with Gasteiger partial charge in [0.05, 0.1) is 5.56 Å². The minimum Gasteiger partial charge on any atom is -0.324 e. The summed E-state index contributed by atoms with van der Waals surface area (Å²) in [5.41, 5.74) is 5.16. The van der Waals surface area contributed by atoms with Gasteiger partial charge in [-0.2, -0.15) is 13.2 Å². The first-order valence-corrected chi connectivity index (χ1v) is 6.94. The van der Waals surface area contributed by atoms with Crippen LogP contribution in [0, 0.1) is 6.92 Å². The molecular weight excluding hydrogens is 301 g/mol. The van der Waals surface area contributed by atoms with Crippen LogP contribution in [0.4, 0.5) is 18.9 Å². The fourth-order valence-electron chi connectivity index (χ4n) is 1.82. The number of carbonyl (C=O) groups is 1. The van der Waals surface area contributed by atoms with Crippen LogP contribution < -0.4 is 11.1 Å². The highest BCUT2D eigenvalue weighted by atomic mass is 32.1. The molecule has 0 radical (unpaired) electrons. The lowest BCUT2D eigenvalue weighted by Gasteiger charge is -2.14. The van der Waals surface area contributed by atoms with Gasteiger partial charge in [-0.1, -0.05) is 12.1 Å². The lowest BCUT2D eigenvalue weighted by atomic mass is 10.1.